The van der Waals surface area contributed by atoms with Crippen molar-refractivity contribution >= 4 is 23.2 Å². The van der Waals surface area contributed by atoms with Gasteiger partial charge in [0.25, 0.3) is 0 Å². The third kappa shape index (κ3) is 3.43. The van der Waals surface area contributed by atoms with Crippen molar-refractivity contribution in [2.75, 3.05) is 5.32 Å². The van der Waals surface area contributed by atoms with Crippen LogP contribution in [0, 0.1) is 12.8 Å². The standard InChI is InChI=1S/C13H17ClN2O/c1-9-6-11(8-15-13(9)14)16-12(17)7-10-4-2-3-5-10/h6,8,10H,2-5,7H2,1H3,(H,16,17). The summed E-state index contributed by atoms with van der Waals surface area (Å²) in [6.45, 7) is 1.88. The number of hydrogen-bond acceptors (Lipinski definition) is 2. The average Bonchev–Trinajstić information content (AvgIpc) is 2.76. The number of hydrogen-bond donors (Lipinski definition) is 1. The molecule has 1 amide bonds. The number of anilines is 1. The minimum Gasteiger partial charge on any atom is -0.325 e. The Labute approximate surface area is 107 Å². The Bertz CT molecular complexity index is 414. The highest BCUT2D eigenvalue weighted by atomic mass is 35.5. The van der Waals surface area contributed by atoms with Gasteiger partial charge >= 0.3 is 0 Å². The predicted octanol–water partition coefficient (Wildman–Crippen LogP) is 3.56. The summed E-state index contributed by atoms with van der Waals surface area (Å²) >= 11 is 5.83. The van der Waals surface area contributed by atoms with Gasteiger partial charge in [0, 0.05) is 6.42 Å². The number of nitrogens with one attached hydrogen (secondary N) is 1. The number of halogens is 1. The molecule has 0 radical (unpaired) electrons. The van der Waals surface area contributed by atoms with Crippen LogP contribution in [0.15, 0.2) is 12.3 Å². The van der Waals surface area contributed by atoms with E-state index in [9.17, 15) is 4.79 Å². The summed E-state index contributed by atoms with van der Waals surface area (Å²) in [5, 5.41) is 3.36. The lowest BCUT2D eigenvalue weighted by molar-refractivity contribution is -0.117. The SMILES string of the molecule is Cc1cc(NC(=O)CC2CCCC2)cnc1Cl. The fourth-order valence-electron chi connectivity index (χ4n) is 2.32. The molecule has 1 aromatic heterocycles. The maximum Gasteiger partial charge on any atom is 0.224 e. The van der Waals surface area contributed by atoms with E-state index in [2.05, 4.69) is 10.3 Å². The van der Waals surface area contributed by atoms with E-state index >= 15 is 0 Å². The third-order valence-corrected chi connectivity index (χ3v) is 3.64. The number of carbonyl (C=O) groups is 1. The number of pyridine rings is 1. The molecule has 1 heterocycles. The summed E-state index contributed by atoms with van der Waals surface area (Å²) in [7, 11) is 0. The smallest absolute Gasteiger partial charge is 0.224 e. The number of amides is 1. The lowest BCUT2D eigenvalue weighted by atomic mass is 10.0. The molecule has 1 saturated carbocycles. The molecular formula is C13H17ClN2O. The largest absolute Gasteiger partial charge is 0.325 e. The van der Waals surface area contributed by atoms with E-state index in [0.717, 1.165) is 11.3 Å². The van der Waals surface area contributed by atoms with Gasteiger partial charge in [0.2, 0.25) is 5.91 Å². The molecule has 1 fully saturated rings. The Morgan fingerprint density at radius 1 is 1.53 bits per heavy atom. The van der Waals surface area contributed by atoms with Crippen LogP contribution in [0.5, 0.6) is 0 Å². The first-order valence-corrected chi connectivity index (χ1v) is 6.45. The normalized spacial score (nSPS) is 16.1. The first-order chi connectivity index (χ1) is 8.15. The second kappa shape index (κ2) is 5.50. The summed E-state index contributed by atoms with van der Waals surface area (Å²) < 4.78 is 0. The van der Waals surface area contributed by atoms with Crippen molar-refractivity contribution in [2.24, 2.45) is 5.92 Å². The molecule has 2 rings (SSSR count). The summed E-state index contributed by atoms with van der Waals surface area (Å²) in [5.74, 6) is 0.650. The number of rotatable bonds is 3. The van der Waals surface area contributed by atoms with Gasteiger partial charge in [-0.25, -0.2) is 4.98 Å². The van der Waals surface area contributed by atoms with Crippen LogP contribution in [0.3, 0.4) is 0 Å². The quantitative estimate of drug-likeness (QED) is 0.836. The van der Waals surface area contributed by atoms with Gasteiger partial charge in [0.15, 0.2) is 0 Å². The highest BCUT2D eigenvalue weighted by Crippen LogP contribution is 2.27. The molecule has 0 spiro atoms. The van der Waals surface area contributed by atoms with E-state index in [4.69, 9.17) is 11.6 Å². The summed E-state index contributed by atoms with van der Waals surface area (Å²) in [6, 6.07) is 1.85. The molecule has 4 heteroatoms. The van der Waals surface area contributed by atoms with Crippen LogP contribution >= 0.6 is 11.6 Å². The van der Waals surface area contributed by atoms with E-state index in [-0.39, 0.29) is 5.91 Å². The van der Waals surface area contributed by atoms with Gasteiger partial charge in [-0.2, -0.15) is 0 Å². The van der Waals surface area contributed by atoms with E-state index < -0.39 is 0 Å². The molecule has 0 unspecified atom stereocenters. The Kier molecular flexibility index (Phi) is 4.00. The van der Waals surface area contributed by atoms with Crippen LogP contribution in [0.4, 0.5) is 5.69 Å². The van der Waals surface area contributed by atoms with E-state index in [1.807, 2.05) is 13.0 Å². The fraction of sp³-hybridized carbons (Fsp3) is 0.538. The molecule has 1 N–H and O–H groups in total. The molecule has 3 nitrogen and oxygen atoms in total. The lowest BCUT2D eigenvalue weighted by Gasteiger charge is -2.10. The highest BCUT2D eigenvalue weighted by Gasteiger charge is 2.18. The Hall–Kier alpha value is -1.09. The van der Waals surface area contributed by atoms with Crippen LogP contribution < -0.4 is 5.32 Å². The van der Waals surface area contributed by atoms with Gasteiger partial charge in [-0.3, -0.25) is 4.79 Å². The zero-order chi connectivity index (χ0) is 12.3. The number of aromatic nitrogens is 1. The van der Waals surface area contributed by atoms with E-state index in [0.29, 0.717) is 17.5 Å². The molecule has 1 aromatic rings. The van der Waals surface area contributed by atoms with Gasteiger partial charge in [-0.1, -0.05) is 24.4 Å². The lowest BCUT2D eigenvalue weighted by Crippen LogP contribution is -2.15. The second-order valence-electron chi connectivity index (χ2n) is 4.73. The molecule has 0 saturated heterocycles. The van der Waals surface area contributed by atoms with E-state index in [1.54, 1.807) is 6.20 Å². The van der Waals surface area contributed by atoms with Gasteiger partial charge < -0.3 is 5.32 Å². The van der Waals surface area contributed by atoms with Crippen LogP contribution in [0.1, 0.15) is 37.7 Å². The minimum absolute atomic E-state index is 0.0837. The van der Waals surface area contributed by atoms with Gasteiger partial charge in [-0.05, 0) is 37.3 Å². The average molecular weight is 253 g/mol. The number of aryl methyl sites for hydroxylation is 1. The van der Waals surface area contributed by atoms with Crippen molar-refractivity contribution in [3.8, 4) is 0 Å². The summed E-state index contributed by atoms with van der Waals surface area (Å²) in [5.41, 5.74) is 1.61. The maximum atomic E-state index is 11.8. The van der Waals surface area contributed by atoms with Crippen LogP contribution in [-0.2, 0) is 4.79 Å². The Balaban J connectivity index is 1.90. The molecule has 17 heavy (non-hydrogen) atoms. The number of nitrogens with zero attached hydrogens (tertiary/aromatic N) is 1. The van der Waals surface area contributed by atoms with Gasteiger partial charge in [0.1, 0.15) is 5.15 Å². The Morgan fingerprint density at radius 3 is 2.88 bits per heavy atom. The van der Waals surface area contributed by atoms with Gasteiger partial charge in [0.05, 0.1) is 11.9 Å². The van der Waals surface area contributed by atoms with Crippen molar-refractivity contribution in [1.29, 1.82) is 0 Å². The second-order valence-corrected chi connectivity index (χ2v) is 5.09. The van der Waals surface area contributed by atoms with Crippen molar-refractivity contribution in [3.05, 3.63) is 23.0 Å². The minimum atomic E-state index is 0.0837. The van der Waals surface area contributed by atoms with Crippen molar-refractivity contribution < 1.29 is 4.79 Å². The molecule has 0 aliphatic heterocycles. The third-order valence-electron chi connectivity index (χ3n) is 3.25. The fourth-order valence-corrected chi connectivity index (χ4v) is 2.42. The maximum absolute atomic E-state index is 11.8. The monoisotopic (exact) mass is 252 g/mol. The number of carbonyl (C=O) groups excluding carboxylic acids is 1. The molecule has 92 valence electrons. The van der Waals surface area contributed by atoms with Crippen LogP contribution in [-0.4, -0.2) is 10.9 Å². The van der Waals surface area contributed by atoms with Crippen molar-refractivity contribution in [3.63, 3.8) is 0 Å². The van der Waals surface area contributed by atoms with Crippen molar-refractivity contribution in [1.82, 2.24) is 4.98 Å². The molecule has 0 atom stereocenters. The highest BCUT2D eigenvalue weighted by molar-refractivity contribution is 6.30. The van der Waals surface area contributed by atoms with Crippen molar-refractivity contribution in [2.45, 2.75) is 39.0 Å². The zero-order valence-corrected chi connectivity index (χ0v) is 10.8. The van der Waals surface area contributed by atoms with Crippen LogP contribution in [0.25, 0.3) is 0 Å². The molecule has 0 aromatic carbocycles. The first-order valence-electron chi connectivity index (χ1n) is 6.07. The molecule has 1 aliphatic carbocycles. The van der Waals surface area contributed by atoms with Crippen LogP contribution in [0.2, 0.25) is 5.15 Å². The summed E-state index contributed by atoms with van der Waals surface area (Å²) in [4.78, 5) is 15.8. The summed E-state index contributed by atoms with van der Waals surface area (Å²) in [6.07, 6.45) is 7.12. The molecule has 1 aliphatic rings. The molecule has 0 bridgehead atoms. The zero-order valence-electron chi connectivity index (χ0n) is 10.0. The van der Waals surface area contributed by atoms with Gasteiger partial charge in [-0.15, -0.1) is 0 Å². The van der Waals surface area contributed by atoms with E-state index in [1.165, 1.54) is 25.7 Å². The molecular weight excluding hydrogens is 236 g/mol. The Morgan fingerprint density at radius 2 is 2.24 bits per heavy atom. The predicted molar refractivity (Wildman–Crippen MR) is 69.2 cm³/mol. The first kappa shape index (κ1) is 12.4. The topological polar surface area (TPSA) is 42.0 Å².